The van der Waals surface area contributed by atoms with E-state index in [-0.39, 0.29) is 0 Å². The number of carbonyl (C=O) groups excluding carboxylic acids is 1. The standard InChI is InChI=1S/C6H12O5/c1-11-5(3-8)6(10)4(9)2-7/h3-7,9-10H,2H2,1H3/t4-,5+,6-/m1/s1/i3D. The highest BCUT2D eigenvalue weighted by Crippen LogP contribution is 2.00. The summed E-state index contributed by atoms with van der Waals surface area (Å²) < 4.78 is 11.1. The lowest BCUT2D eigenvalue weighted by atomic mass is 10.1. The van der Waals surface area contributed by atoms with Crippen molar-refractivity contribution in [3.8, 4) is 0 Å². The summed E-state index contributed by atoms with van der Waals surface area (Å²) in [6.07, 6.45) is -5.58. The Morgan fingerprint density at radius 2 is 2.27 bits per heavy atom. The van der Waals surface area contributed by atoms with Crippen LogP contribution in [0.15, 0.2) is 0 Å². The minimum absolute atomic E-state index is 0.686. The van der Waals surface area contributed by atoms with E-state index in [2.05, 4.69) is 4.74 Å². The van der Waals surface area contributed by atoms with Crippen LogP contribution in [-0.4, -0.2) is 53.6 Å². The Morgan fingerprint density at radius 1 is 1.73 bits per heavy atom. The summed E-state index contributed by atoms with van der Waals surface area (Å²) >= 11 is 0. The molecule has 0 heterocycles. The molecule has 3 atom stereocenters. The number of rotatable bonds is 5. The van der Waals surface area contributed by atoms with Crippen molar-refractivity contribution in [1.29, 1.82) is 0 Å². The monoisotopic (exact) mass is 165 g/mol. The SMILES string of the molecule is [2H]C(=O)[C@H](OC)[C@H](O)[C@H](O)CO. The van der Waals surface area contributed by atoms with Gasteiger partial charge in [0.15, 0.2) is 6.26 Å². The molecule has 0 fully saturated rings. The second-order valence-electron chi connectivity index (χ2n) is 2.01. The molecule has 0 bridgehead atoms. The number of aliphatic hydroxyl groups is 3. The van der Waals surface area contributed by atoms with Gasteiger partial charge in [-0.3, -0.25) is 0 Å². The molecule has 0 aliphatic carbocycles. The van der Waals surface area contributed by atoms with E-state index in [9.17, 15) is 4.79 Å². The van der Waals surface area contributed by atoms with E-state index in [0.29, 0.717) is 0 Å². The molecule has 0 radical (unpaired) electrons. The topological polar surface area (TPSA) is 87.0 Å². The minimum Gasteiger partial charge on any atom is -0.394 e. The third-order valence-electron chi connectivity index (χ3n) is 1.26. The maximum Gasteiger partial charge on any atom is 0.151 e. The molecule has 0 aliphatic rings. The van der Waals surface area contributed by atoms with E-state index in [1.807, 2.05) is 0 Å². The first kappa shape index (κ1) is 8.61. The molecular formula is C6H12O5. The van der Waals surface area contributed by atoms with Gasteiger partial charge in [-0.1, -0.05) is 0 Å². The molecule has 0 aromatic heterocycles. The number of methoxy groups -OCH3 is 1. The van der Waals surface area contributed by atoms with Gasteiger partial charge in [0.05, 0.1) is 6.61 Å². The highest BCUT2D eigenvalue weighted by molar-refractivity contribution is 5.57. The van der Waals surface area contributed by atoms with Gasteiger partial charge >= 0.3 is 0 Å². The molecule has 0 amide bonds. The van der Waals surface area contributed by atoms with Gasteiger partial charge in [0.25, 0.3) is 0 Å². The van der Waals surface area contributed by atoms with Gasteiger partial charge in [-0.15, -0.1) is 0 Å². The van der Waals surface area contributed by atoms with E-state index >= 15 is 0 Å². The van der Waals surface area contributed by atoms with Gasteiger partial charge in [-0.25, -0.2) is 0 Å². The normalized spacial score (nSPS) is 20.2. The van der Waals surface area contributed by atoms with Crippen LogP contribution >= 0.6 is 0 Å². The number of hydrogen-bond acceptors (Lipinski definition) is 5. The molecule has 3 N–H and O–H groups in total. The van der Waals surface area contributed by atoms with Crippen molar-refractivity contribution in [2.45, 2.75) is 18.3 Å². The Balaban J connectivity index is 4.20. The highest BCUT2D eigenvalue weighted by Gasteiger charge is 2.24. The van der Waals surface area contributed by atoms with Crippen molar-refractivity contribution >= 4 is 6.26 Å². The summed E-state index contributed by atoms with van der Waals surface area (Å²) in [7, 11) is 1.13. The molecule has 0 saturated carbocycles. The summed E-state index contributed by atoms with van der Waals surface area (Å²) in [5, 5.41) is 26.3. The van der Waals surface area contributed by atoms with Gasteiger partial charge < -0.3 is 24.9 Å². The third kappa shape index (κ3) is 2.94. The highest BCUT2D eigenvalue weighted by atomic mass is 16.5. The first-order valence-corrected chi connectivity index (χ1v) is 3.04. The number of aliphatic hydroxyl groups excluding tert-OH is 3. The van der Waals surface area contributed by atoms with Crippen molar-refractivity contribution in [3.05, 3.63) is 0 Å². The number of hydrogen-bond donors (Lipinski definition) is 3. The average molecular weight is 165 g/mol. The second-order valence-corrected chi connectivity index (χ2v) is 2.01. The Labute approximate surface area is 65.6 Å². The Bertz CT molecular complexity index is 151. The minimum atomic E-state index is -1.56. The summed E-state index contributed by atoms with van der Waals surface area (Å²) in [6, 6.07) is 0. The van der Waals surface area contributed by atoms with Crippen molar-refractivity contribution in [2.75, 3.05) is 13.7 Å². The number of aldehydes is 1. The lowest BCUT2D eigenvalue weighted by Crippen LogP contribution is -2.41. The van der Waals surface area contributed by atoms with Crippen molar-refractivity contribution < 1.29 is 26.2 Å². The van der Waals surface area contributed by atoms with Crippen LogP contribution in [0.4, 0.5) is 0 Å². The molecule has 0 aromatic rings. The molecule has 11 heavy (non-hydrogen) atoms. The van der Waals surface area contributed by atoms with Crippen LogP contribution in [0.2, 0.25) is 0 Å². The van der Waals surface area contributed by atoms with Crippen LogP contribution in [0.3, 0.4) is 0 Å². The molecule has 5 nitrogen and oxygen atoms in total. The maximum atomic E-state index is 10.4. The molecule has 0 rings (SSSR count). The zero-order valence-corrected chi connectivity index (χ0v) is 6.10. The van der Waals surface area contributed by atoms with E-state index in [1.165, 1.54) is 0 Å². The quantitative estimate of drug-likeness (QED) is 0.407. The van der Waals surface area contributed by atoms with Crippen molar-refractivity contribution in [1.82, 2.24) is 0 Å². The third-order valence-corrected chi connectivity index (χ3v) is 1.26. The maximum absolute atomic E-state index is 10.4. The number of carbonyl (C=O) groups is 1. The average Bonchev–Trinajstić information content (AvgIpc) is 2.03. The zero-order valence-electron chi connectivity index (χ0n) is 7.10. The Morgan fingerprint density at radius 3 is 2.55 bits per heavy atom. The van der Waals surface area contributed by atoms with E-state index in [4.69, 9.17) is 16.7 Å². The van der Waals surface area contributed by atoms with Crippen LogP contribution in [0.25, 0.3) is 0 Å². The van der Waals surface area contributed by atoms with Crippen molar-refractivity contribution in [2.24, 2.45) is 0 Å². The van der Waals surface area contributed by atoms with Crippen LogP contribution in [0, 0.1) is 0 Å². The van der Waals surface area contributed by atoms with Gasteiger partial charge in [0.1, 0.15) is 19.7 Å². The molecule has 66 valence electrons. The number of ether oxygens (including phenoxy) is 1. The van der Waals surface area contributed by atoms with Gasteiger partial charge in [0, 0.05) is 7.11 Å². The smallest absolute Gasteiger partial charge is 0.151 e. The van der Waals surface area contributed by atoms with Gasteiger partial charge in [-0.2, -0.15) is 0 Å². The van der Waals surface area contributed by atoms with Crippen LogP contribution in [0.1, 0.15) is 1.37 Å². The molecule has 0 unspecified atom stereocenters. The first-order chi connectivity index (χ1) is 5.54. The van der Waals surface area contributed by atoms with Crippen LogP contribution < -0.4 is 0 Å². The predicted molar refractivity (Wildman–Crippen MR) is 36.0 cm³/mol. The summed E-state index contributed by atoms with van der Waals surface area (Å²) in [4.78, 5) is 10.4. The Kier molecular flexibility index (Phi) is 4.07. The molecule has 5 heteroatoms. The summed E-state index contributed by atoms with van der Waals surface area (Å²) in [5.41, 5.74) is 0. The first-order valence-electron chi connectivity index (χ1n) is 3.54. The lowest BCUT2D eigenvalue weighted by Gasteiger charge is -2.19. The lowest BCUT2D eigenvalue weighted by molar-refractivity contribution is -0.131. The molecular weight excluding hydrogens is 152 g/mol. The largest absolute Gasteiger partial charge is 0.394 e. The predicted octanol–water partition coefficient (Wildman–Crippen LogP) is -2.09. The van der Waals surface area contributed by atoms with E-state index in [0.717, 1.165) is 7.11 Å². The fourth-order valence-electron chi connectivity index (χ4n) is 0.567. The fourth-order valence-corrected chi connectivity index (χ4v) is 0.567. The van der Waals surface area contributed by atoms with Crippen molar-refractivity contribution in [3.63, 3.8) is 0 Å². The summed E-state index contributed by atoms with van der Waals surface area (Å²) in [5.74, 6) is 0. The van der Waals surface area contributed by atoms with Crippen LogP contribution in [-0.2, 0) is 9.53 Å². The zero-order chi connectivity index (χ0) is 9.72. The fraction of sp³-hybridized carbons (Fsp3) is 0.833. The summed E-state index contributed by atoms with van der Waals surface area (Å²) in [6.45, 7) is -0.686. The Hall–Kier alpha value is -0.490. The second kappa shape index (κ2) is 5.20. The van der Waals surface area contributed by atoms with E-state index < -0.39 is 31.2 Å². The molecule has 0 aromatic carbocycles. The van der Waals surface area contributed by atoms with Gasteiger partial charge in [0.2, 0.25) is 0 Å². The molecule has 0 aliphatic heterocycles. The molecule has 0 saturated heterocycles. The van der Waals surface area contributed by atoms with Gasteiger partial charge in [-0.05, 0) is 0 Å². The van der Waals surface area contributed by atoms with E-state index in [1.54, 1.807) is 0 Å². The van der Waals surface area contributed by atoms with Crippen LogP contribution in [0.5, 0.6) is 0 Å². The molecule has 0 spiro atoms.